The van der Waals surface area contributed by atoms with Crippen LogP contribution < -0.4 is 5.46 Å². The molecule has 0 nitrogen and oxygen atoms in total. The van der Waals surface area contributed by atoms with Crippen LogP contribution in [0.2, 0.25) is 5.02 Å². The summed E-state index contributed by atoms with van der Waals surface area (Å²) in [5.74, 6) is 0. The van der Waals surface area contributed by atoms with Crippen LogP contribution in [0.5, 0.6) is 0 Å². The van der Waals surface area contributed by atoms with Gasteiger partial charge in [0.1, 0.15) is 7.85 Å². The van der Waals surface area contributed by atoms with Gasteiger partial charge in [0.25, 0.3) is 0 Å². The van der Waals surface area contributed by atoms with Crippen LogP contribution in [0.3, 0.4) is 0 Å². The van der Waals surface area contributed by atoms with E-state index in [4.69, 9.17) is 19.4 Å². The van der Waals surface area contributed by atoms with Gasteiger partial charge in [-0.05, 0) is 6.07 Å². The quantitative estimate of drug-likeness (QED) is 0.453. The van der Waals surface area contributed by atoms with Gasteiger partial charge >= 0.3 is 0 Å². The van der Waals surface area contributed by atoms with E-state index in [2.05, 4.69) is 0 Å². The van der Waals surface area contributed by atoms with Crippen LogP contribution in [0, 0.1) is 0 Å². The third-order valence-corrected chi connectivity index (χ3v) is 1.08. The molecule has 2 radical (unpaired) electrons. The van der Waals surface area contributed by atoms with Crippen LogP contribution in [0.4, 0.5) is 0 Å². The van der Waals surface area contributed by atoms with Gasteiger partial charge in [0.15, 0.2) is 0 Å². The Balaban J connectivity index is 3.08. The first-order valence-electron chi connectivity index (χ1n) is 2.30. The number of halogens is 1. The maximum Gasteiger partial charge on any atom is 0.113 e. The monoisotopic (exact) mass is 122 g/mol. The molecule has 1 rings (SSSR count). The Kier molecular flexibility index (Phi) is 1.59. The van der Waals surface area contributed by atoms with Crippen molar-refractivity contribution >= 4 is 24.9 Å². The standard InChI is InChI=1S/C6H4BCl/c7-5-2-1-3-6(8)4-5/h1-4H. The first-order valence-corrected chi connectivity index (χ1v) is 2.68. The van der Waals surface area contributed by atoms with Crippen LogP contribution in [0.1, 0.15) is 0 Å². The van der Waals surface area contributed by atoms with E-state index < -0.39 is 0 Å². The summed E-state index contributed by atoms with van der Waals surface area (Å²) in [4.78, 5) is 0. The third-order valence-electron chi connectivity index (χ3n) is 0.849. The Morgan fingerprint density at radius 2 is 2.12 bits per heavy atom. The Morgan fingerprint density at radius 3 is 2.50 bits per heavy atom. The molecule has 1 aromatic carbocycles. The Morgan fingerprint density at radius 1 is 1.38 bits per heavy atom. The maximum atomic E-state index is 5.56. The van der Waals surface area contributed by atoms with E-state index in [1.54, 1.807) is 18.2 Å². The molecule has 38 valence electrons. The fourth-order valence-corrected chi connectivity index (χ4v) is 0.705. The van der Waals surface area contributed by atoms with Gasteiger partial charge < -0.3 is 0 Å². The summed E-state index contributed by atoms with van der Waals surface area (Å²) in [5, 5.41) is 0.685. The average Bonchev–Trinajstić information content (AvgIpc) is 1.64. The molecule has 0 N–H and O–H groups in total. The zero-order chi connectivity index (χ0) is 5.98. The van der Waals surface area contributed by atoms with Crippen molar-refractivity contribution < 1.29 is 0 Å². The summed E-state index contributed by atoms with van der Waals surface area (Å²) in [6.07, 6.45) is 0. The normalized spacial score (nSPS) is 9.12. The second-order valence-corrected chi connectivity index (χ2v) is 1.99. The van der Waals surface area contributed by atoms with Crippen molar-refractivity contribution in [2.24, 2.45) is 0 Å². The highest BCUT2D eigenvalue weighted by Gasteiger charge is 1.82. The van der Waals surface area contributed by atoms with Crippen molar-refractivity contribution in [3.8, 4) is 0 Å². The molecule has 8 heavy (non-hydrogen) atoms. The molecule has 0 unspecified atom stereocenters. The zero-order valence-electron chi connectivity index (χ0n) is 4.26. The molecule has 0 spiro atoms. The first-order chi connectivity index (χ1) is 3.79. The van der Waals surface area contributed by atoms with E-state index in [9.17, 15) is 0 Å². The molecule has 0 aliphatic rings. The molecule has 0 atom stereocenters. The molecule has 0 saturated carbocycles. The van der Waals surface area contributed by atoms with Gasteiger partial charge in [-0.1, -0.05) is 35.3 Å². The molecule has 0 heterocycles. The predicted molar refractivity (Wildman–Crippen MR) is 36.8 cm³/mol. The molecular weight excluding hydrogens is 118 g/mol. The van der Waals surface area contributed by atoms with Gasteiger partial charge in [0.05, 0.1) is 0 Å². The van der Waals surface area contributed by atoms with E-state index in [0.29, 0.717) is 10.5 Å². The van der Waals surface area contributed by atoms with Gasteiger partial charge in [0, 0.05) is 5.02 Å². The van der Waals surface area contributed by atoms with Gasteiger partial charge in [0.2, 0.25) is 0 Å². The van der Waals surface area contributed by atoms with Gasteiger partial charge in [-0.15, -0.1) is 0 Å². The molecule has 2 heteroatoms. The minimum atomic E-state index is 0.685. The lowest BCUT2D eigenvalue weighted by molar-refractivity contribution is 1.77. The summed E-state index contributed by atoms with van der Waals surface area (Å²) < 4.78 is 0. The highest BCUT2D eigenvalue weighted by molar-refractivity contribution is 6.36. The van der Waals surface area contributed by atoms with E-state index in [0.717, 1.165) is 0 Å². The average molecular weight is 122 g/mol. The first kappa shape index (κ1) is 5.71. The Hall–Kier alpha value is -0.425. The summed E-state index contributed by atoms with van der Waals surface area (Å²) in [5.41, 5.74) is 0.706. The largest absolute Gasteiger partial charge is 0.113 e. The molecule has 0 saturated heterocycles. The fourth-order valence-electron chi connectivity index (χ4n) is 0.507. The Labute approximate surface area is 54.9 Å². The van der Waals surface area contributed by atoms with E-state index in [-0.39, 0.29) is 0 Å². The van der Waals surface area contributed by atoms with Gasteiger partial charge in [-0.25, -0.2) is 0 Å². The lowest BCUT2D eigenvalue weighted by Gasteiger charge is -1.89. The van der Waals surface area contributed by atoms with Crippen molar-refractivity contribution in [3.63, 3.8) is 0 Å². The molecule has 0 amide bonds. The van der Waals surface area contributed by atoms with Crippen LogP contribution in [-0.4, -0.2) is 7.85 Å². The SMILES string of the molecule is [B]c1cccc(Cl)c1. The summed E-state index contributed by atoms with van der Waals surface area (Å²) in [7, 11) is 5.37. The van der Waals surface area contributed by atoms with E-state index in [1.165, 1.54) is 0 Å². The zero-order valence-corrected chi connectivity index (χ0v) is 5.02. The van der Waals surface area contributed by atoms with Gasteiger partial charge in [-0.3, -0.25) is 0 Å². The number of hydrogen-bond acceptors (Lipinski definition) is 0. The van der Waals surface area contributed by atoms with Crippen LogP contribution >= 0.6 is 11.6 Å². The summed E-state index contributed by atoms with van der Waals surface area (Å²) in [6.45, 7) is 0. The molecule has 0 aromatic heterocycles. The number of benzene rings is 1. The second-order valence-electron chi connectivity index (χ2n) is 1.56. The lowest BCUT2D eigenvalue weighted by atomic mass is 9.97. The van der Waals surface area contributed by atoms with Crippen LogP contribution in [0.25, 0.3) is 0 Å². The van der Waals surface area contributed by atoms with Crippen LogP contribution in [-0.2, 0) is 0 Å². The smallest absolute Gasteiger partial charge is 0.0952 e. The number of hydrogen-bond donors (Lipinski definition) is 0. The summed E-state index contributed by atoms with van der Waals surface area (Å²) >= 11 is 5.56. The van der Waals surface area contributed by atoms with Crippen molar-refractivity contribution in [2.45, 2.75) is 0 Å². The predicted octanol–water partition coefficient (Wildman–Crippen LogP) is 1.13. The Bertz CT molecular complexity index is 168. The maximum absolute atomic E-state index is 5.56. The number of rotatable bonds is 0. The molecule has 1 aromatic rings. The topological polar surface area (TPSA) is 0 Å². The molecule has 0 aliphatic heterocycles. The molecular formula is C6H4BCl. The second kappa shape index (κ2) is 2.23. The van der Waals surface area contributed by atoms with Crippen molar-refractivity contribution in [3.05, 3.63) is 29.3 Å². The third kappa shape index (κ3) is 1.27. The summed E-state index contributed by atoms with van der Waals surface area (Å²) in [6, 6.07) is 7.11. The van der Waals surface area contributed by atoms with Crippen molar-refractivity contribution in [2.75, 3.05) is 0 Å². The fraction of sp³-hybridized carbons (Fsp3) is 0. The van der Waals surface area contributed by atoms with E-state index in [1.807, 2.05) is 6.07 Å². The van der Waals surface area contributed by atoms with Crippen molar-refractivity contribution in [1.29, 1.82) is 0 Å². The van der Waals surface area contributed by atoms with E-state index >= 15 is 0 Å². The minimum Gasteiger partial charge on any atom is -0.0952 e. The van der Waals surface area contributed by atoms with Crippen LogP contribution in [0.15, 0.2) is 24.3 Å². The molecule has 0 fully saturated rings. The molecule has 0 bridgehead atoms. The highest BCUT2D eigenvalue weighted by Crippen LogP contribution is 2.01. The van der Waals surface area contributed by atoms with Gasteiger partial charge in [-0.2, -0.15) is 0 Å². The molecule has 0 aliphatic carbocycles. The lowest BCUT2D eigenvalue weighted by Crippen LogP contribution is -1.98. The highest BCUT2D eigenvalue weighted by atomic mass is 35.5. The minimum absolute atomic E-state index is 0.685. The van der Waals surface area contributed by atoms with Crippen molar-refractivity contribution in [1.82, 2.24) is 0 Å².